The van der Waals surface area contributed by atoms with E-state index in [-0.39, 0.29) is 30.3 Å². The van der Waals surface area contributed by atoms with Crippen molar-refractivity contribution in [2.45, 2.75) is 13.5 Å². The summed E-state index contributed by atoms with van der Waals surface area (Å²) >= 11 is 0. The lowest BCUT2D eigenvalue weighted by atomic mass is 10.1. The Morgan fingerprint density at radius 3 is 2.13 bits per heavy atom. The minimum absolute atomic E-state index is 0. The predicted molar refractivity (Wildman–Crippen MR) is 128 cm³/mol. The van der Waals surface area contributed by atoms with Gasteiger partial charge in [-0.15, -0.1) is 24.8 Å². The van der Waals surface area contributed by atoms with E-state index in [0.29, 0.717) is 22.7 Å². The van der Waals surface area contributed by atoms with Crippen LogP contribution in [0.2, 0.25) is 0 Å². The zero-order valence-corrected chi connectivity index (χ0v) is 19.6. The second-order valence-corrected chi connectivity index (χ2v) is 6.74. The maximum atomic E-state index is 9.46. The Morgan fingerprint density at radius 2 is 1.58 bits per heavy atom. The highest BCUT2D eigenvalue weighted by Gasteiger charge is 2.18. The van der Waals surface area contributed by atoms with Gasteiger partial charge in [-0.3, -0.25) is 4.90 Å². The molecule has 1 fully saturated rings. The van der Waals surface area contributed by atoms with Crippen LogP contribution < -0.4 is 9.47 Å². The number of hydrogen-bond donors (Lipinski definition) is 0. The van der Waals surface area contributed by atoms with Crippen molar-refractivity contribution in [2.24, 2.45) is 4.99 Å². The Morgan fingerprint density at radius 1 is 1.00 bits per heavy atom. The first-order chi connectivity index (χ1) is 13.6. The van der Waals surface area contributed by atoms with Gasteiger partial charge in [-0.25, -0.2) is 4.99 Å². The van der Waals surface area contributed by atoms with Crippen LogP contribution in [0.15, 0.2) is 47.5 Å². The van der Waals surface area contributed by atoms with Crippen molar-refractivity contribution < 1.29 is 14.9 Å². The summed E-state index contributed by atoms with van der Waals surface area (Å²) in [6.45, 7) is 6.76. The summed E-state index contributed by atoms with van der Waals surface area (Å²) in [4.78, 5) is 9.43. The molecule has 0 aliphatic carbocycles. The van der Waals surface area contributed by atoms with Crippen LogP contribution in [-0.2, 0) is 6.54 Å². The maximum absolute atomic E-state index is 9.46. The molecule has 31 heavy (non-hydrogen) atoms. The Labute approximate surface area is 196 Å². The molecule has 0 atom stereocenters. The van der Waals surface area contributed by atoms with Crippen LogP contribution in [0, 0.1) is 11.3 Å². The van der Waals surface area contributed by atoms with Gasteiger partial charge in [0.1, 0.15) is 11.9 Å². The summed E-state index contributed by atoms with van der Waals surface area (Å²) in [6.07, 6.45) is 0. The molecule has 0 spiro atoms. The van der Waals surface area contributed by atoms with Crippen molar-refractivity contribution in [3.05, 3.63) is 53.6 Å². The van der Waals surface area contributed by atoms with Gasteiger partial charge in [0.2, 0.25) is 0 Å². The SMILES string of the molecule is COc1cc(C#N)c(/N=C(/C)N2CCN(Cc3ccccc3)CC2)cc1OC.Cl.Cl.O. The quantitative estimate of drug-likeness (QED) is 0.494. The number of halogens is 2. The average molecular weight is 469 g/mol. The van der Waals surface area contributed by atoms with Crippen LogP contribution in [-0.4, -0.2) is 61.5 Å². The van der Waals surface area contributed by atoms with E-state index in [9.17, 15) is 5.26 Å². The third-order valence-electron chi connectivity index (χ3n) is 4.98. The Hall–Kier alpha value is -2.50. The number of piperazine rings is 1. The summed E-state index contributed by atoms with van der Waals surface area (Å²) in [5, 5.41) is 9.46. The van der Waals surface area contributed by atoms with E-state index in [4.69, 9.17) is 14.5 Å². The number of amidine groups is 1. The van der Waals surface area contributed by atoms with E-state index in [2.05, 4.69) is 40.1 Å². The van der Waals surface area contributed by atoms with Gasteiger partial charge in [0.15, 0.2) is 11.5 Å². The number of rotatable bonds is 5. The first-order valence-corrected chi connectivity index (χ1v) is 9.37. The van der Waals surface area contributed by atoms with E-state index in [1.807, 2.05) is 13.0 Å². The summed E-state index contributed by atoms with van der Waals surface area (Å²) in [5.41, 5.74) is 2.41. The van der Waals surface area contributed by atoms with Crippen molar-refractivity contribution in [2.75, 3.05) is 40.4 Å². The zero-order chi connectivity index (χ0) is 19.9. The van der Waals surface area contributed by atoms with Crippen molar-refractivity contribution in [3.63, 3.8) is 0 Å². The van der Waals surface area contributed by atoms with Crippen LogP contribution >= 0.6 is 24.8 Å². The predicted octanol–water partition coefficient (Wildman–Crippen LogP) is 3.46. The molecule has 1 saturated heterocycles. The second-order valence-electron chi connectivity index (χ2n) is 6.74. The fourth-order valence-corrected chi connectivity index (χ4v) is 3.37. The molecular formula is C22H30Cl2N4O3. The number of nitrogens with zero attached hydrogens (tertiary/aromatic N) is 4. The molecule has 1 heterocycles. The molecule has 170 valence electrons. The number of aliphatic imine (C=N–C) groups is 1. The molecule has 2 aromatic rings. The van der Waals surface area contributed by atoms with Crippen molar-refractivity contribution in [3.8, 4) is 17.6 Å². The molecular weight excluding hydrogens is 439 g/mol. The smallest absolute Gasteiger partial charge is 0.162 e. The molecule has 0 amide bonds. The van der Waals surface area contributed by atoms with Crippen LogP contribution in [0.4, 0.5) is 5.69 Å². The Bertz CT molecular complexity index is 880. The molecule has 7 nitrogen and oxygen atoms in total. The highest BCUT2D eigenvalue weighted by Crippen LogP contribution is 2.34. The molecule has 2 N–H and O–H groups in total. The third kappa shape index (κ3) is 7.30. The lowest BCUT2D eigenvalue weighted by Gasteiger charge is -2.35. The number of benzene rings is 2. The van der Waals surface area contributed by atoms with Gasteiger partial charge in [-0.2, -0.15) is 5.26 Å². The van der Waals surface area contributed by atoms with E-state index >= 15 is 0 Å². The topological polar surface area (TPSA) is 92.6 Å². The van der Waals surface area contributed by atoms with Crippen molar-refractivity contribution in [1.82, 2.24) is 9.80 Å². The first kappa shape index (κ1) is 28.5. The van der Waals surface area contributed by atoms with E-state index in [0.717, 1.165) is 38.6 Å². The first-order valence-electron chi connectivity index (χ1n) is 9.37. The summed E-state index contributed by atoms with van der Waals surface area (Å²) < 4.78 is 10.6. The van der Waals surface area contributed by atoms with Crippen LogP contribution in [0.3, 0.4) is 0 Å². The van der Waals surface area contributed by atoms with Crippen molar-refractivity contribution in [1.29, 1.82) is 5.26 Å². The molecule has 3 rings (SSSR count). The number of hydrogen-bond acceptors (Lipinski definition) is 5. The molecule has 0 unspecified atom stereocenters. The van der Waals surface area contributed by atoms with Gasteiger partial charge in [0.05, 0.1) is 25.5 Å². The van der Waals surface area contributed by atoms with E-state index in [1.165, 1.54) is 5.56 Å². The van der Waals surface area contributed by atoms with E-state index in [1.54, 1.807) is 26.4 Å². The highest BCUT2D eigenvalue weighted by molar-refractivity contribution is 5.85. The monoisotopic (exact) mass is 468 g/mol. The van der Waals surface area contributed by atoms with Crippen LogP contribution in [0.1, 0.15) is 18.1 Å². The third-order valence-corrected chi connectivity index (χ3v) is 4.98. The Kier molecular flexibility index (Phi) is 12.6. The normalized spacial score (nSPS) is 13.7. The Balaban J connectivity index is 0.00000300. The van der Waals surface area contributed by atoms with Gasteiger partial charge in [-0.1, -0.05) is 30.3 Å². The van der Waals surface area contributed by atoms with Gasteiger partial charge >= 0.3 is 0 Å². The minimum Gasteiger partial charge on any atom is -0.493 e. The lowest BCUT2D eigenvalue weighted by Crippen LogP contribution is -2.47. The molecule has 1 aliphatic rings. The fraction of sp³-hybridized carbons (Fsp3) is 0.364. The molecule has 0 radical (unpaired) electrons. The van der Waals surface area contributed by atoms with Gasteiger partial charge < -0.3 is 19.8 Å². The molecule has 1 aliphatic heterocycles. The van der Waals surface area contributed by atoms with Gasteiger partial charge in [-0.05, 0) is 12.5 Å². The van der Waals surface area contributed by atoms with Crippen molar-refractivity contribution >= 4 is 36.3 Å². The lowest BCUT2D eigenvalue weighted by molar-refractivity contribution is 0.175. The van der Waals surface area contributed by atoms with Gasteiger partial charge in [0, 0.05) is 44.9 Å². The summed E-state index contributed by atoms with van der Waals surface area (Å²) in [6, 6.07) is 16.2. The van der Waals surface area contributed by atoms with Crippen LogP contribution in [0.5, 0.6) is 11.5 Å². The average Bonchev–Trinajstić information content (AvgIpc) is 2.74. The molecule has 0 aromatic heterocycles. The highest BCUT2D eigenvalue weighted by atomic mass is 35.5. The maximum Gasteiger partial charge on any atom is 0.162 e. The van der Waals surface area contributed by atoms with E-state index < -0.39 is 0 Å². The van der Waals surface area contributed by atoms with Crippen LogP contribution in [0.25, 0.3) is 0 Å². The molecule has 0 bridgehead atoms. The summed E-state index contributed by atoms with van der Waals surface area (Å²) in [7, 11) is 3.14. The number of ether oxygens (including phenoxy) is 2. The standard InChI is InChI=1S/C22H26N4O2.2ClH.H2O/c1-17(24-20-14-22(28-3)21(27-2)13-19(20)15-23)26-11-9-25(10-12-26)16-18-7-5-4-6-8-18;;;/h4-8,13-14H,9-12,16H2,1-3H3;2*1H;1H2/b24-17-;;;. The molecule has 2 aromatic carbocycles. The number of methoxy groups -OCH3 is 2. The zero-order valence-electron chi connectivity index (χ0n) is 18.0. The largest absolute Gasteiger partial charge is 0.493 e. The molecule has 0 saturated carbocycles. The second kappa shape index (κ2) is 13.7. The summed E-state index contributed by atoms with van der Waals surface area (Å²) in [5.74, 6) is 2.01. The minimum atomic E-state index is 0. The van der Waals surface area contributed by atoms with Gasteiger partial charge in [0.25, 0.3) is 0 Å². The fourth-order valence-electron chi connectivity index (χ4n) is 3.37. The number of nitriles is 1. The molecule has 9 heteroatoms.